The third-order valence-corrected chi connectivity index (χ3v) is 7.39. The van der Waals surface area contributed by atoms with Crippen LogP contribution in [0.3, 0.4) is 0 Å². The predicted molar refractivity (Wildman–Crippen MR) is 116 cm³/mol. The van der Waals surface area contributed by atoms with Gasteiger partial charge in [0.15, 0.2) is 5.60 Å². The maximum atomic E-state index is 13.5. The summed E-state index contributed by atoms with van der Waals surface area (Å²) in [6.07, 6.45) is 8.20. The van der Waals surface area contributed by atoms with Gasteiger partial charge in [-0.25, -0.2) is 4.39 Å². The quantitative estimate of drug-likeness (QED) is 0.663. The number of likely N-dealkylation sites (tertiary alicyclic amines) is 1. The molecule has 0 bridgehead atoms. The van der Waals surface area contributed by atoms with Gasteiger partial charge in [-0.05, 0) is 62.6 Å². The Morgan fingerprint density at radius 3 is 2.40 bits per heavy atom. The van der Waals surface area contributed by atoms with Crippen LogP contribution in [0.5, 0.6) is 0 Å². The second-order valence-corrected chi connectivity index (χ2v) is 9.76. The van der Waals surface area contributed by atoms with Crippen LogP contribution in [0, 0.1) is 23.6 Å². The molecule has 1 saturated heterocycles. The van der Waals surface area contributed by atoms with Crippen LogP contribution in [0.4, 0.5) is 4.39 Å². The molecule has 0 aromatic heterocycles. The van der Waals surface area contributed by atoms with Gasteiger partial charge in [-0.1, -0.05) is 43.0 Å². The van der Waals surface area contributed by atoms with Crippen LogP contribution in [0.1, 0.15) is 57.9 Å². The number of nitrogens with zero attached hydrogens (tertiary/aromatic N) is 1. The highest BCUT2D eigenvalue weighted by Gasteiger charge is 2.58. The number of amides is 1. The molecule has 4 rings (SSSR count). The molecule has 30 heavy (non-hydrogen) atoms. The first-order chi connectivity index (χ1) is 14.4. The third-order valence-electron chi connectivity index (χ3n) is 7.39. The normalized spacial score (nSPS) is 28.5. The van der Waals surface area contributed by atoms with Gasteiger partial charge in [0.25, 0.3) is 5.91 Å². The Balaban J connectivity index is 1.40. The van der Waals surface area contributed by atoms with Crippen LogP contribution in [0.2, 0.25) is 0 Å². The average Bonchev–Trinajstić information content (AvgIpc) is 3.17. The summed E-state index contributed by atoms with van der Waals surface area (Å²) in [5.74, 6) is 0.219. The molecule has 3 atom stereocenters. The van der Waals surface area contributed by atoms with Crippen molar-refractivity contribution < 1.29 is 14.3 Å². The lowest BCUT2D eigenvalue weighted by Gasteiger charge is -2.38. The molecule has 1 amide bonds. The summed E-state index contributed by atoms with van der Waals surface area (Å²) in [6.45, 7) is 7.36. The molecule has 5 heteroatoms. The zero-order valence-corrected chi connectivity index (χ0v) is 18.2. The van der Waals surface area contributed by atoms with Crippen molar-refractivity contribution in [3.8, 4) is 0 Å². The lowest BCUT2D eigenvalue weighted by molar-refractivity contribution is -0.149. The van der Waals surface area contributed by atoms with Gasteiger partial charge in [-0.15, -0.1) is 0 Å². The second kappa shape index (κ2) is 8.80. The molecule has 1 aromatic carbocycles. The van der Waals surface area contributed by atoms with Gasteiger partial charge < -0.3 is 15.3 Å². The number of aliphatic hydroxyl groups is 1. The van der Waals surface area contributed by atoms with Crippen molar-refractivity contribution >= 4 is 5.91 Å². The van der Waals surface area contributed by atoms with Crippen molar-refractivity contribution in [2.24, 2.45) is 17.8 Å². The molecule has 3 aliphatic rings. The number of allylic oxidation sites excluding steroid dienone is 1. The highest BCUT2D eigenvalue weighted by molar-refractivity contribution is 5.87. The molecular weight excluding hydrogens is 379 g/mol. The van der Waals surface area contributed by atoms with Crippen LogP contribution in [-0.2, 0) is 10.4 Å². The van der Waals surface area contributed by atoms with Crippen molar-refractivity contribution in [2.45, 2.75) is 64.0 Å². The van der Waals surface area contributed by atoms with Crippen LogP contribution >= 0.6 is 0 Å². The molecular formula is C25H35FN2O2. The largest absolute Gasteiger partial charge is 0.375 e. The Hall–Kier alpha value is -1.72. The zero-order valence-electron chi connectivity index (χ0n) is 18.2. The molecule has 1 aliphatic heterocycles. The molecule has 3 unspecified atom stereocenters. The van der Waals surface area contributed by atoms with Gasteiger partial charge >= 0.3 is 0 Å². The Labute approximate surface area is 179 Å². The van der Waals surface area contributed by atoms with E-state index in [1.165, 1.54) is 17.7 Å². The van der Waals surface area contributed by atoms with Gasteiger partial charge in [-0.2, -0.15) is 0 Å². The van der Waals surface area contributed by atoms with E-state index in [-0.39, 0.29) is 23.7 Å². The van der Waals surface area contributed by atoms with Gasteiger partial charge in [0.1, 0.15) is 5.82 Å². The van der Waals surface area contributed by atoms with Crippen molar-refractivity contribution in [1.82, 2.24) is 10.2 Å². The fourth-order valence-electron chi connectivity index (χ4n) is 5.58. The number of hydrogen-bond donors (Lipinski definition) is 2. The highest BCUT2D eigenvalue weighted by atomic mass is 19.1. The van der Waals surface area contributed by atoms with Crippen molar-refractivity contribution in [3.63, 3.8) is 0 Å². The molecule has 0 spiro atoms. The minimum atomic E-state index is -1.58. The summed E-state index contributed by atoms with van der Waals surface area (Å²) >= 11 is 0. The number of piperidine rings is 1. The molecule has 164 valence electrons. The van der Waals surface area contributed by atoms with E-state index >= 15 is 0 Å². The fraction of sp³-hybridized carbons (Fsp3) is 0.640. The number of carbonyl (C=O) groups excluding carboxylic acids is 1. The van der Waals surface area contributed by atoms with Crippen LogP contribution < -0.4 is 5.32 Å². The van der Waals surface area contributed by atoms with E-state index in [9.17, 15) is 14.3 Å². The summed E-state index contributed by atoms with van der Waals surface area (Å²) < 4.78 is 13.5. The molecule has 2 N–H and O–H groups in total. The summed E-state index contributed by atoms with van der Waals surface area (Å²) in [4.78, 5) is 15.9. The minimum Gasteiger partial charge on any atom is -0.375 e. The Bertz CT molecular complexity index is 771. The summed E-state index contributed by atoms with van der Waals surface area (Å²) in [6, 6.07) is 5.98. The first kappa shape index (κ1) is 21.5. The van der Waals surface area contributed by atoms with E-state index in [0.29, 0.717) is 17.4 Å². The first-order valence-corrected chi connectivity index (χ1v) is 11.5. The summed E-state index contributed by atoms with van der Waals surface area (Å²) in [5, 5.41) is 14.9. The molecule has 2 saturated carbocycles. The van der Waals surface area contributed by atoms with E-state index < -0.39 is 5.60 Å². The fourth-order valence-corrected chi connectivity index (χ4v) is 5.58. The predicted octanol–water partition coefficient (Wildman–Crippen LogP) is 4.00. The lowest BCUT2D eigenvalue weighted by atomic mass is 9.72. The van der Waals surface area contributed by atoms with Crippen molar-refractivity contribution in [1.29, 1.82) is 0 Å². The van der Waals surface area contributed by atoms with Crippen molar-refractivity contribution in [2.75, 3.05) is 19.6 Å². The first-order valence-electron chi connectivity index (χ1n) is 11.5. The maximum Gasteiger partial charge on any atom is 0.257 e. The van der Waals surface area contributed by atoms with E-state index in [1.807, 2.05) is 0 Å². The van der Waals surface area contributed by atoms with Gasteiger partial charge in [0, 0.05) is 31.6 Å². The summed E-state index contributed by atoms with van der Waals surface area (Å²) in [5.41, 5.74) is 0.295. The Morgan fingerprint density at radius 1 is 1.17 bits per heavy atom. The van der Waals surface area contributed by atoms with Gasteiger partial charge in [0.2, 0.25) is 0 Å². The number of rotatable bonds is 7. The molecule has 1 heterocycles. The number of fused-ring (bicyclic) bond motifs is 1. The number of halogens is 1. The molecule has 1 aromatic rings. The zero-order chi connectivity index (χ0) is 21.3. The average molecular weight is 415 g/mol. The summed E-state index contributed by atoms with van der Waals surface area (Å²) in [7, 11) is 0. The van der Waals surface area contributed by atoms with Crippen LogP contribution in [0.15, 0.2) is 35.9 Å². The standard InChI is InChI=1S/C25H35FN2O2/c1-17(2)7-6-14-28-15-21-22(16-28)23(21)27-24(29)25(30,18-8-4-3-5-9-18)19-10-12-20(26)13-11-19/h7,10-13,18,21-23,30H,3-6,8-9,14-16H2,1-2H3,(H,27,29). The molecule has 3 fully saturated rings. The van der Waals surface area contributed by atoms with E-state index in [4.69, 9.17) is 0 Å². The monoisotopic (exact) mass is 414 g/mol. The van der Waals surface area contributed by atoms with Crippen LogP contribution in [-0.4, -0.2) is 41.6 Å². The number of nitrogens with one attached hydrogen (secondary N) is 1. The van der Waals surface area contributed by atoms with E-state index in [2.05, 4.69) is 30.1 Å². The second-order valence-electron chi connectivity index (χ2n) is 9.76. The number of carbonyl (C=O) groups is 1. The highest BCUT2D eigenvalue weighted by Crippen LogP contribution is 2.47. The van der Waals surface area contributed by atoms with E-state index in [0.717, 1.165) is 58.2 Å². The van der Waals surface area contributed by atoms with Gasteiger partial charge in [-0.3, -0.25) is 4.79 Å². The van der Waals surface area contributed by atoms with Crippen molar-refractivity contribution in [3.05, 3.63) is 47.3 Å². The topological polar surface area (TPSA) is 52.6 Å². The maximum absolute atomic E-state index is 13.5. The van der Waals surface area contributed by atoms with Gasteiger partial charge in [0.05, 0.1) is 0 Å². The Kier molecular flexibility index (Phi) is 6.31. The molecule has 0 radical (unpaired) electrons. The number of hydrogen-bond acceptors (Lipinski definition) is 3. The molecule has 2 aliphatic carbocycles. The third kappa shape index (κ3) is 4.33. The van der Waals surface area contributed by atoms with Crippen LogP contribution in [0.25, 0.3) is 0 Å². The number of benzene rings is 1. The van der Waals surface area contributed by atoms with E-state index in [1.54, 1.807) is 12.1 Å². The SMILES string of the molecule is CC(C)=CCCN1CC2C(C1)C2NC(=O)C(O)(c1ccc(F)cc1)C1CCCCC1. The minimum absolute atomic E-state index is 0.115. The Morgan fingerprint density at radius 2 is 1.80 bits per heavy atom. The smallest absolute Gasteiger partial charge is 0.257 e. The molecule has 4 nitrogen and oxygen atoms in total. The lowest BCUT2D eigenvalue weighted by Crippen LogP contribution is -2.52.